The molecule has 17 heavy (non-hydrogen) atoms. The lowest BCUT2D eigenvalue weighted by atomic mass is 9.77. The molecule has 0 atom stereocenters. The molecule has 0 amide bonds. The van der Waals surface area contributed by atoms with Gasteiger partial charge < -0.3 is 11.1 Å². The summed E-state index contributed by atoms with van der Waals surface area (Å²) in [6, 6.07) is 2.00. The number of nitrogens with one attached hydrogen (secondary N) is 1. The number of halogens is 1. The fourth-order valence-electron chi connectivity index (χ4n) is 2.46. The lowest BCUT2D eigenvalue weighted by Crippen LogP contribution is -2.48. The molecule has 2 rings (SSSR count). The molecule has 1 aromatic heterocycles. The second-order valence-corrected chi connectivity index (χ2v) is 6.00. The Morgan fingerprint density at radius 3 is 2.82 bits per heavy atom. The van der Waals surface area contributed by atoms with E-state index < -0.39 is 0 Å². The second kappa shape index (κ2) is 5.36. The smallest absolute Gasteiger partial charge is 0.0590 e. The van der Waals surface area contributed by atoms with Crippen LogP contribution in [0.5, 0.6) is 0 Å². The Hall–Kier alpha value is -0.610. The maximum Gasteiger partial charge on any atom is 0.0590 e. The summed E-state index contributed by atoms with van der Waals surface area (Å²) in [6.07, 6.45) is 8.44. The van der Waals surface area contributed by atoms with Gasteiger partial charge in [-0.2, -0.15) is 0 Å². The van der Waals surface area contributed by atoms with Crippen molar-refractivity contribution in [2.24, 2.45) is 11.7 Å². The Morgan fingerprint density at radius 2 is 2.24 bits per heavy atom. The molecule has 4 heteroatoms. The third-order valence-electron chi connectivity index (χ3n) is 3.79. The van der Waals surface area contributed by atoms with Crippen LogP contribution in [0.4, 0.5) is 5.69 Å². The molecule has 1 aliphatic carbocycles. The zero-order chi connectivity index (χ0) is 12.3. The summed E-state index contributed by atoms with van der Waals surface area (Å²) in [7, 11) is 0. The van der Waals surface area contributed by atoms with Gasteiger partial charge in [0.15, 0.2) is 0 Å². The van der Waals surface area contributed by atoms with E-state index in [1.165, 1.54) is 12.8 Å². The Morgan fingerprint density at radius 1 is 1.53 bits per heavy atom. The highest BCUT2D eigenvalue weighted by Crippen LogP contribution is 2.35. The van der Waals surface area contributed by atoms with Crippen LogP contribution in [0.3, 0.4) is 0 Å². The van der Waals surface area contributed by atoms with Gasteiger partial charge in [-0.15, -0.1) is 0 Å². The predicted molar refractivity (Wildman–Crippen MR) is 75.0 cm³/mol. The van der Waals surface area contributed by atoms with E-state index in [4.69, 9.17) is 5.73 Å². The molecule has 3 nitrogen and oxygen atoms in total. The Balaban J connectivity index is 2.12. The van der Waals surface area contributed by atoms with Crippen LogP contribution in [0, 0.1) is 5.92 Å². The number of rotatable bonds is 3. The molecule has 0 unspecified atom stereocenters. The van der Waals surface area contributed by atoms with Crippen molar-refractivity contribution in [3.63, 3.8) is 0 Å². The van der Waals surface area contributed by atoms with Crippen molar-refractivity contribution in [1.82, 2.24) is 4.98 Å². The van der Waals surface area contributed by atoms with Crippen LogP contribution in [0.25, 0.3) is 0 Å². The number of hydrogen-bond acceptors (Lipinski definition) is 3. The summed E-state index contributed by atoms with van der Waals surface area (Å²) < 4.78 is 1.01. The van der Waals surface area contributed by atoms with Gasteiger partial charge in [0.25, 0.3) is 0 Å². The van der Waals surface area contributed by atoms with Crippen LogP contribution < -0.4 is 11.1 Å². The summed E-state index contributed by atoms with van der Waals surface area (Å²) >= 11 is 3.52. The normalized spacial score (nSPS) is 29.0. The van der Waals surface area contributed by atoms with Crippen LogP contribution in [-0.4, -0.2) is 17.1 Å². The summed E-state index contributed by atoms with van der Waals surface area (Å²) in [5, 5.41) is 3.62. The number of nitrogens with two attached hydrogens (primary N) is 1. The van der Waals surface area contributed by atoms with Crippen molar-refractivity contribution in [2.45, 2.75) is 38.1 Å². The molecule has 0 aromatic carbocycles. The van der Waals surface area contributed by atoms with Gasteiger partial charge in [0.2, 0.25) is 0 Å². The zero-order valence-electron chi connectivity index (χ0n) is 10.2. The van der Waals surface area contributed by atoms with Gasteiger partial charge in [-0.25, -0.2) is 0 Å². The van der Waals surface area contributed by atoms with E-state index in [-0.39, 0.29) is 5.54 Å². The second-order valence-electron chi connectivity index (χ2n) is 5.15. The lowest BCUT2D eigenvalue weighted by molar-refractivity contribution is 0.271. The largest absolute Gasteiger partial charge is 0.377 e. The first-order valence-electron chi connectivity index (χ1n) is 6.23. The molecule has 94 valence electrons. The number of pyridine rings is 1. The molecule has 0 spiro atoms. The number of nitrogens with zero attached hydrogens (tertiary/aromatic N) is 1. The van der Waals surface area contributed by atoms with E-state index >= 15 is 0 Å². The fourth-order valence-corrected chi connectivity index (χ4v) is 2.81. The molecule has 0 radical (unpaired) electrons. The fraction of sp³-hybridized carbons (Fsp3) is 0.615. The van der Waals surface area contributed by atoms with Crippen molar-refractivity contribution in [3.8, 4) is 0 Å². The Labute approximate surface area is 111 Å². The van der Waals surface area contributed by atoms with Crippen LogP contribution in [0.15, 0.2) is 22.9 Å². The van der Waals surface area contributed by atoms with Gasteiger partial charge in [-0.1, -0.05) is 6.92 Å². The molecule has 1 aliphatic rings. The van der Waals surface area contributed by atoms with E-state index in [1.807, 2.05) is 18.5 Å². The summed E-state index contributed by atoms with van der Waals surface area (Å²) in [5.74, 6) is 0.831. The van der Waals surface area contributed by atoms with Crippen LogP contribution in [0.2, 0.25) is 0 Å². The van der Waals surface area contributed by atoms with Crippen LogP contribution >= 0.6 is 15.9 Å². The highest BCUT2D eigenvalue weighted by molar-refractivity contribution is 9.10. The van der Waals surface area contributed by atoms with E-state index in [9.17, 15) is 0 Å². The van der Waals surface area contributed by atoms with Gasteiger partial charge in [0.05, 0.1) is 10.2 Å². The molecule has 1 heterocycles. The Bertz CT molecular complexity index is 373. The quantitative estimate of drug-likeness (QED) is 0.901. The SMILES string of the molecule is CC1CCC(CN)(Nc2ccncc2Br)CC1. The average molecular weight is 298 g/mol. The molecular weight excluding hydrogens is 278 g/mol. The molecule has 0 saturated heterocycles. The molecule has 0 aliphatic heterocycles. The van der Waals surface area contributed by atoms with Crippen LogP contribution in [0.1, 0.15) is 32.6 Å². The van der Waals surface area contributed by atoms with Crippen molar-refractivity contribution >= 4 is 21.6 Å². The molecule has 1 saturated carbocycles. The zero-order valence-corrected chi connectivity index (χ0v) is 11.8. The van der Waals surface area contributed by atoms with Gasteiger partial charge in [0.1, 0.15) is 0 Å². The van der Waals surface area contributed by atoms with Crippen molar-refractivity contribution in [3.05, 3.63) is 22.9 Å². The topological polar surface area (TPSA) is 50.9 Å². The molecular formula is C13H20BrN3. The summed E-state index contributed by atoms with van der Waals surface area (Å²) in [4.78, 5) is 4.08. The first-order chi connectivity index (χ1) is 8.15. The van der Waals surface area contributed by atoms with Gasteiger partial charge in [0, 0.05) is 24.5 Å². The van der Waals surface area contributed by atoms with E-state index in [2.05, 4.69) is 33.2 Å². The predicted octanol–water partition coefficient (Wildman–Crippen LogP) is 3.16. The number of hydrogen-bond donors (Lipinski definition) is 2. The minimum absolute atomic E-state index is 0.0659. The minimum Gasteiger partial charge on any atom is -0.377 e. The number of aromatic nitrogens is 1. The first kappa shape index (κ1) is 12.8. The van der Waals surface area contributed by atoms with E-state index in [1.54, 1.807) is 0 Å². The summed E-state index contributed by atoms with van der Waals surface area (Å²) in [5.41, 5.74) is 7.15. The minimum atomic E-state index is 0.0659. The van der Waals surface area contributed by atoms with Gasteiger partial charge >= 0.3 is 0 Å². The molecule has 3 N–H and O–H groups in total. The maximum absolute atomic E-state index is 5.99. The average Bonchev–Trinajstić information content (AvgIpc) is 2.35. The standard InChI is InChI=1S/C13H20BrN3/c1-10-2-5-13(9-15,6-3-10)17-12-4-7-16-8-11(12)14/h4,7-8,10H,2-3,5-6,9,15H2,1H3,(H,16,17). The van der Waals surface area contributed by atoms with Gasteiger partial charge in [-0.3, -0.25) is 4.98 Å². The molecule has 1 fully saturated rings. The van der Waals surface area contributed by atoms with E-state index in [0.717, 1.165) is 28.9 Å². The Kier molecular flexibility index (Phi) is 4.05. The first-order valence-corrected chi connectivity index (χ1v) is 7.02. The van der Waals surface area contributed by atoms with Crippen LogP contribution in [-0.2, 0) is 0 Å². The number of anilines is 1. The third-order valence-corrected chi connectivity index (χ3v) is 4.43. The monoisotopic (exact) mass is 297 g/mol. The highest BCUT2D eigenvalue weighted by Gasteiger charge is 2.33. The van der Waals surface area contributed by atoms with Crippen molar-refractivity contribution in [2.75, 3.05) is 11.9 Å². The van der Waals surface area contributed by atoms with Crippen molar-refractivity contribution < 1.29 is 0 Å². The van der Waals surface area contributed by atoms with Gasteiger partial charge in [-0.05, 0) is 53.6 Å². The molecule has 0 bridgehead atoms. The third kappa shape index (κ3) is 2.99. The molecule has 1 aromatic rings. The van der Waals surface area contributed by atoms with Crippen molar-refractivity contribution in [1.29, 1.82) is 0 Å². The summed E-state index contributed by atoms with van der Waals surface area (Å²) in [6.45, 7) is 3.01. The van der Waals surface area contributed by atoms with E-state index in [0.29, 0.717) is 6.54 Å². The lowest BCUT2D eigenvalue weighted by Gasteiger charge is -2.40. The maximum atomic E-state index is 5.99. The highest BCUT2D eigenvalue weighted by atomic mass is 79.9.